The van der Waals surface area contributed by atoms with Gasteiger partial charge in [0.15, 0.2) is 0 Å². The van der Waals surface area contributed by atoms with Crippen LogP contribution in [0.4, 0.5) is 0 Å². The molecule has 0 radical (unpaired) electrons. The van der Waals surface area contributed by atoms with E-state index in [9.17, 15) is 19.8 Å². The third-order valence-corrected chi connectivity index (χ3v) is 5.34. The zero-order valence-electron chi connectivity index (χ0n) is 14.1. The fourth-order valence-electron chi connectivity index (χ4n) is 3.04. The number of nitrogens with zero attached hydrogens (tertiary/aromatic N) is 2. The van der Waals surface area contributed by atoms with E-state index in [-0.39, 0.29) is 18.6 Å². The minimum Gasteiger partial charge on any atom is -0.394 e. The Kier molecular flexibility index (Phi) is 4.75. The summed E-state index contributed by atoms with van der Waals surface area (Å²) in [6.07, 6.45) is -0.877. The van der Waals surface area contributed by atoms with Crippen LogP contribution in [0.3, 0.4) is 0 Å². The Hall–Kier alpha value is -2.59. The van der Waals surface area contributed by atoms with Crippen LogP contribution in [0.2, 0.25) is 0 Å². The van der Waals surface area contributed by atoms with E-state index in [4.69, 9.17) is 4.74 Å². The first kappa shape index (κ1) is 17.8. The average Bonchev–Trinajstić information content (AvgIpc) is 3.29. The molecule has 4 rings (SSSR count). The maximum absolute atomic E-state index is 12.3. The van der Waals surface area contributed by atoms with Gasteiger partial charge in [-0.25, -0.2) is 9.78 Å². The number of aliphatic hydroxyl groups excluding tert-OH is 2. The maximum Gasteiger partial charge on any atom is 0.330 e. The Morgan fingerprint density at radius 2 is 2.07 bits per heavy atom. The van der Waals surface area contributed by atoms with Gasteiger partial charge in [0.2, 0.25) is 0 Å². The molecule has 1 saturated heterocycles. The van der Waals surface area contributed by atoms with Crippen molar-refractivity contribution in [2.45, 2.75) is 24.9 Å². The third kappa shape index (κ3) is 3.37. The van der Waals surface area contributed by atoms with Crippen molar-refractivity contribution < 1.29 is 14.9 Å². The number of thiazole rings is 1. The van der Waals surface area contributed by atoms with E-state index < -0.39 is 29.7 Å². The number of aromatic amines is 1. The molecule has 1 aliphatic rings. The molecule has 3 N–H and O–H groups in total. The minimum absolute atomic E-state index is 0.143. The first-order valence-electron chi connectivity index (χ1n) is 8.38. The van der Waals surface area contributed by atoms with Gasteiger partial charge in [0.25, 0.3) is 5.56 Å². The molecule has 0 spiro atoms. The number of aliphatic hydroxyl groups is 2. The molecular formula is C18H17N3O5S. The van der Waals surface area contributed by atoms with Crippen LogP contribution in [-0.2, 0) is 4.74 Å². The van der Waals surface area contributed by atoms with E-state index in [1.807, 2.05) is 35.7 Å². The first-order valence-corrected chi connectivity index (χ1v) is 9.26. The van der Waals surface area contributed by atoms with Crippen molar-refractivity contribution in [1.29, 1.82) is 0 Å². The van der Waals surface area contributed by atoms with Crippen LogP contribution < -0.4 is 11.2 Å². The van der Waals surface area contributed by atoms with Gasteiger partial charge >= 0.3 is 5.69 Å². The molecule has 27 heavy (non-hydrogen) atoms. The topological polar surface area (TPSA) is 117 Å². The Bertz CT molecular complexity index is 1060. The molecular weight excluding hydrogens is 370 g/mol. The van der Waals surface area contributed by atoms with Gasteiger partial charge in [0.1, 0.15) is 17.3 Å². The summed E-state index contributed by atoms with van der Waals surface area (Å²) in [6, 6.07) is 9.57. The van der Waals surface area contributed by atoms with Crippen molar-refractivity contribution in [1.82, 2.24) is 14.5 Å². The number of H-pyrrole nitrogens is 1. The Labute approximate surface area is 157 Å². The van der Waals surface area contributed by atoms with Gasteiger partial charge in [-0.15, -0.1) is 11.3 Å². The molecule has 0 amide bonds. The maximum atomic E-state index is 12.3. The van der Waals surface area contributed by atoms with Crippen molar-refractivity contribution in [3.63, 3.8) is 0 Å². The molecule has 8 nitrogen and oxygen atoms in total. The molecule has 3 aromatic rings. The molecule has 0 unspecified atom stereocenters. The number of ether oxygens (including phenoxy) is 1. The summed E-state index contributed by atoms with van der Waals surface area (Å²) in [6.45, 7) is -0.352. The predicted molar refractivity (Wildman–Crippen MR) is 99.5 cm³/mol. The number of rotatable bonds is 4. The van der Waals surface area contributed by atoms with Gasteiger partial charge in [-0.2, -0.15) is 0 Å². The van der Waals surface area contributed by atoms with Crippen LogP contribution in [0.25, 0.3) is 21.8 Å². The lowest BCUT2D eigenvalue weighted by Crippen LogP contribution is -2.33. The molecule has 1 fully saturated rings. The van der Waals surface area contributed by atoms with Crippen molar-refractivity contribution in [3.8, 4) is 21.8 Å². The highest BCUT2D eigenvalue weighted by Gasteiger charge is 2.35. The van der Waals surface area contributed by atoms with Crippen molar-refractivity contribution >= 4 is 11.3 Å². The molecule has 140 valence electrons. The summed E-state index contributed by atoms with van der Waals surface area (Å²) in [5.41, 5.74) is 0.729. The molecule has 2 aromatic heterocycles. The van der Waals surface area contributed by atoms with Crippen LogP contribution in [0, 0.1) is 0 Å². The molecule has 3 heterocycles. The van der Waals surface area contributed by atoms with E-state index >= 15 is 0 Å². The molecule has 0 aliphatic carbocycles. The third-order valence-electron chi connectivity index (χ3n) is 4.47. The second-order valence-corrected chi connectivity index (χ2v) is 7.09. The Morgan fingerprint density at radius 1 is 1.30 bits per heavy atom. The van der Waals surface area contributed by atoms with Crippen molar-refractivity contribution in [3.05, 3.63) is 62.7 Å². The standard InChI is InChI=1S/C18H17N3O5S/c22-8-14-13(23)6-15(26-14)21-7-11(16(24)20-18(21)25)17-19-12(9-27-17)10-4-2-1-3-5-10/h1-5,7,9,13-15,22-23H,6,8H2,(H,20,24,25)/t13-,14+,15+/m0/s1. The molecule has 1 aliphatic heterocycles. The van der Waals surface area contributed by atoms with E-state index in [0.29, 0.717) is 5.01 Å². The van der Waals surface area contributed by atoms with E-state index in [0.717, 1.165) is 11.3 Å². The van der Waals surface area contributed by atoms with Crippen LogP contribution >= 0.6 is 11.3 Å². The van der Waals surface area contributed by atoms with Gasteiger partial charge in [0.05, 0.1) is 24.0 Å². The van der Waals surface area contributed by atoms with Crippen LogP contribution in [0.15, 0.2) is 51.5 Å². The molecule has 0 bridgehead atoms. The van der Waals surface area contributed by atoms with Gasteiger partial charge < -0.3 is 14.9 Å². The van der Waals surface area contributed by atoms with E-state index in [2.05, 4.69) is 9.97 Å². The second-order valence-electron chi connectivity index (χ2n) is 6.23. The summed E-state index contributed by atoms with van der Waals surface area (Å²) < 4.78 is 6.74. The van der Waals surface area contributed by atoms with Crippen LogP contribution in [-0.4, -0.2) is 43.6 Å². The highest BCUT2D eigenvalue weighted by Crippen LogP contribution is 2.30. The summed E-state index contributed by atoms with van der Waals surface area (Å²) in [5.74, 6) is 0. The zero-order valence-corrected chi connectivity index (χ0v) is 14.9. The predicted octanol–water partition coefficient (Wildman–Crippen LogP) is 0.968. The molecule has 9 heteroatoms. The molecule has 0 saturated carbocycles. The number of nitrogens with one attached hydrogen (secondary N) is 1. The van der Waals surface area contributed by atoms with Crippen molar-refractivity contribution in [2.24, 2.45) is 0 Å². The summed E-state index contributed by atoms with van der Waals surface area (Å²) in [4.78, 5) is 31.3. The highest BCUT2D eigenvalue weighted by molar-refractivity contribution is 7.13. The molecule has 1 aromatic carbocycles. The Morgan fingerprint density at radius 3 is 2.78 bits per heavy atom. The summed E-state index contributed by atoms with van der Waals surface area (Å²) in [5, 5.41) is 21.4. The molecule has 3 atom stereocenters. The number of benzene rings is 1. The lowest BCUT2D eigenvalue weighted by atomic mass is 10.2. The average molecular weight is 387 g/mol. The lowest BCUT2D eigenvalue weighted by molar-refractivity contribution is -0.0458. The fourth-order valence-corrected chi connectivity index (χ4v) is 3.88. The van der Waals surface area contributed by atoms with E-state index in [1.165, 1.54) is 22.1 Å². The van der Waals surface area contributed by atoms with E-state index in [1.54, 1.807) is 0 Å². The minimum atomic E-state index is -0.883. The number of hydrogen-bond donors (Lipinski definition) is 3. The lowest BCUT2D eigenvalue weighted by Gasteiger charge is -2.14. The quantitative estimate of drug-likeness (QED) is 0.614. The normalized spacial score (nSPS) is 22.2. The summed E-state index contributed by atoms with van der Waals surface area (Å²) in [7, 11) is 0. The fraction of sp³-hybridized carbons (Fsp3) is 0.278. The smallest absolute Gasteiger partial charge is 0.330 e. The van der Waals surface area contributed by atoms with Gasteiger partial charge in [-0.1, -0.05) is 30.3 Å². The van der Waals surface area contributed by atoms with Crippen LogP contribution in [0.1, 0.15) is 12.6 Å². The monoisotopic (exact) mass is 387 g/mol. The van der Waals surface area contributed by atoms with Gasteiger partial charge in [0, 0.05) is 23.6 Å². The van der Waals surface area contributed by atoms with Gasteiger partial charge in [-0.3, -0.25) is 14.3 Å². The summed E-state index contributed by atoms with van der Waals surface area (Å²) >= 11 is 1.30. The number of aromatic nitrogens is 3. The van der Waals surface area contributed by atoms with Crippen molar-refractivity contribution in [2.75, 3.05) is 6.61 Å². The Balaban J connectivity index is 1.71. The van der Waals surface area contributed by atoms with Crippen LogP contribution in [0.5, 0.6) is 0 Å². The SMILES string of the molecule is O=c1[nH]c(=O)n([C@H]2C[C@H](O)[C@@H](CO)O2)cc1-c1nc(-c2ccccc2)cs1. The highest BCUT2D eigenvalue weighted by atomic mass is 32.1. The van der Waals surface area contributed by atoms with Gasteiger partial charge in [-0.05, 0) is 0 Å². The second kappa shape index (κ2) is 7.20. The first-order chi connectivity index (χ1) is 13.1. The number of hydrogen-bond acceptors (Lipinski definition) is 7. The largest absolute Gasteiger partial charge is 0.394 e. The zero-order chi connectivity index (χ0) is 19.0.